The minimum absolute atomic E-state index is 0.116. The number of nitrogens with one attached hydrogen (secondary N) is 1. The zero-order valence-corrected chi connectivity index (χ0v) is 15.3. The average Bonchev–Trinajstić information content (AvgIpc) is 2.55. The molecule has 0 heterocycles. The van der Waals surface area contributed by atoms with Gasteiger partial charge in [0.1, 0.15) is 0 Å². The number of hydrogen-bond donors (Lipinski definition) is 2. The minimum Gasteiger partial charge on any atom is -0.331 e. The second-order valence-electron chi connectivity index (χ2n) is 5.91. The van der Waals surface area contributed by atoms with Crippen LogP contribution in [0.1, 0.15) is 58.8 Å². The van der Waals surface area contributed by atoms with Crippen molar-refractivity contribution in [3.05, 3.63) is 0 Å². The highest BCUT2D eigenvalue weighted by Gasteiger charge is 2.42. The standard InChI is InChI=1S/C17H38N2O3/c1-6-7-8-9-10-11-12-16(15(2)19-14-13-18)17(20-3,21-4)22-5/h15-16,19H,6-14,18H2,1-5H3. The fraction of sp³-hybridized carbons (Fsp3) is 1.00. The van der Waals surface area contributed by atoms with Crippen molar-refractivity contribution in [2.24, 2.45) is 11.7 Å². The number of rotatable bonds is 15. The third-order valence-corrected chi connectivity index (χ3v) is 4.39. The molecule has 0 aromatic heterocycles. The first-order valence-corrected chi connectivity index (χ1v) is 8.70. The second kappa shape index (κ2) is 13.3. The van der Waals surface area contributed by atoms with Gasteiger partial charge in [0.05, 0.1) is 5.92 Å². The SMILES string of the molecule is CCCCCCCCC(C(C)NCCN)C(OC)(OC)OC. The van der Waals surface area contributed by atoms with Gasteiger partial charge in [-0.25, -0.2) is 0 Å². The Balaban J connectivity index is 4.57. The molecule has 0 rings (SSSR count). The lowest BCUT2D eigenvalue weighted by molar-refractivity contribution is -0.382. The molecule has 0 aliphatic carbocycles. The smallest absolute Gasteiger partial charge is 0.286 e. The van der Waals surface area contributed by atoms with Crippen LogP contribution in [0.15, 0.2) is 0 Å². The van der Waals surface area contributed by atoms with Gasteiger partial charge in [-0.1, -0.05) is 45.4 Å². The Morgan fingerprint density at radius 3 is 2.00 bits per heavy atom. The van der Waals surface area contributed by atoms with Crippen LogP contribution in [0.4, 0.5) is 0 Å². The van der Waals surface area contributed by atoms with Gasteiger partial charge in [-0.2, -0.15) is 0 Å². The summed E-state index contributed by atoms with van der Waals surface area (Å²) < 4.78 is 16.7. The highest BCUT2D eigenvalue weighted by molar-refractivity contribution is 4.81. The molecule has 2 atom stereocenters. The number of nitrogens with two attached hydrogens (primary N) is 1. The molecule has 5 nitrogen and oxygen atoms in total. The average molecular weight is 319 g/mol. The number of unbranched alkanes of at least 4 members (excludes halogenated alkanes) is 5. The van der Waals surface area contributed by atoms with Crippen LogP contribution in [0, 0.1) is 5.92 Å². The summed E-state index contributed by atoms with van der Waals surface area (Å²) in [6.45, 7) is 5.78. The van der Waals surface area contributed by atoms with E-state index in [4.69, 9.17) is 19.9 Å². The summed E-state index contributed by atoms with van der Waals surface area (Å²) in [5.74, 6) is -0.880. The molecule has 0 aliphatic heterocycles. The van der Waals surface area contributed by atoms with E-state index in [1.165, 1.54) is 32.1 Å². The van der Waals surface area contributed by atoms with Crippen molar-refractivity contribution in [1.29, 1.82) is 0 Å². The van der Waals surface area contributed by atoms with E-state index < -0.39 is 5.97 Å². The quantitative estimate of drug-likeness (QED) is 0.359. The molecular weight excluding hydrogens is 280 g/mol. The topological polar surface area (TPSA) is 65.7 Å². The van der Waals surface area contributed by atoms with Crippen LogP contribution in [0.5, 0.6) is 0 Å². The van der Waals surface area contributed by atoms with Crippen LogP contribution in [-0.4, -0.2) is 46.4 Å². The van der Waals surface area contributed by atoms with Crippen molar-refractivity contribution in [2.45, 2.75) is 70.8 Å². The Kier molecular flexibility index (Phi) is 13.1. The van der Waals surface area contributed by atoms with Gasteiger partial charge < -0.3 is 25.3 Å². The molecule has 0 aromatic rings. The first-order valence-electron chi connectivity index (χ1n) is 8.70. The van der Waals surface area contributed by atoms with Gasteiger partial charge in [0.2, 0.25) is 0 Å². The fourth-order valence-corrected chi connectivity index (χ4v) is 3.03. The monoisotopic (exact) mass is 318 g/mol. The summed E-state index contributed by atoms with van der Waals surface area (Å²) in [5.41, 5.74) is 5.60. The Bertz CT molecular complexity index is 240. The van der Waals surface area contributed by atoms with Crippen LogP contribution < -0.4 is 11.1 Å². The maximum atomic E-state index is 5.60. The van der Waals surface area contributed by atoms with E-state index in [1.54, 1.807) is 21.3 Å². The Hall–Kier alpha value is -0.200. The van der Waals surface area contributed by atoms with E-state index in [0.29, 0.717) is 6.54 Å². The Morgan fingerprint density at radius 1 is 0.955 bits per heavy atom. The van der Waals surface area contributed by atoms with Crippen LogP contribution >= 0.6 is 0 Å². The zero-order chi connectivity index (χ0) is 16.8. The highest BCUT2D eigenvalue weighted by atomic mass is 16.9. The largest absolute Gasteiger partial charge is 0.331 e. The van der Waals surface area contributed by atoms with Crippen LogP contribution in [0.3, 0.4) is 0 Å². The fourth-order valence-electron chi connectivity index (χ4n) is 3.03. The van der Waals surface area contributed by atoms with Crippen molar-refractivity contribution in [2.75, 3.05) is 34.4 Å². The molecule has 0 aromatic carbocycles. The molecule has 5 heteroatoms. The molecule has 0 saturated carbocycles. The summed E-state index contributed by atoms with van der Waals surface area (Å²) in [4.78, 5) is 0. The predicted octanol–water partition coefficient (Wildman–Crippen LogP) is 2.88. The normalized spacial score (nSPS) is 15.0. The summed E-state index contributed by atoms with van der Waals surface area (Å²) in [6, 6.07) is 0.207. The van der Waals surface area contributed by atoms with E-state index in [2.05, 4.69) is 19.2 Å². The first-order chi connectivity index (χ1) is 10.6. The minimum atomic E-state index is -0.996. The van der Waals surface area contributed by atoms with Crippen molar-refractivity contribution in [3.8, 4) is 0 Å². The zero-order valence-electron chi connectivity index (χ0n) is 15.3. The van der Waals surface area contributed by atoms with E-state index in [9.17, 15) is 0 Å². The lowest BCUT2D eigenvalue weighted by Gasteiger charge is -2.39. The molecule has 2 unspecified atom stereocenters. The molecule has 0 fully saturated rings. The van der Waals surface area contributed by atoms with Gasteiger partial charge in [0, 0.05) is 40.5 Å². The van der Waals surface area contributed by atoms with Crippen molar-refractivity contribution in [3.63, 3.8) is 0 Å². The molecule has 0 saturated heterocycles. The summed E-state index contributed by atoms with van der Waals surface area (Å²) >= 11 is 0. The van der Waals surface area contributed by atoms with Crippen LogP contribution in [-0.2, 0) is 14.2 Å². The summed E-state index contributed by atoms with van der Waals surface area (Å²) in [5, 5.41) is 3.44. The molecule has 0 radical (unpaired) electrons. The van der Waals surface area contributed by atoms with Gasteiger partial charge in [-0.15, -0.1) is 0 Å². The highest BCUT2D eigenvalue weighted by Crippen LogP contribution is 2.31. The van der Waals surface area contributed by atoms with E-state index in [1.807, 2.05) is 0 Å². The molecule has 0 amide bonds. The molecule has 0 aliphatic rings. The van der Waals surface area contributed by atoms with E-state index >= 15 is 0 Å². The molecule has 0 bridgehead atoms. The number of ether oxygens (including phenoxy) is 3. The van der Waals surface area contributed by atoms with Gasteiger partial charge in [-0.05, 0) is 13.3 Å². The molecule has 22 heavy (non-hydrogen) atoms. The van der Waals surface area contributed by atoms with Crippen LogP contribution in [0.2, 0.25) is 0 Å². The van der Waals surface area contributed by atoms with Gasteiger partial charge >= 0.3 is 0 Å². The summed E-state index contributed by atoms with van der Waals surface area (Å²) in [7, 11) is 4.91. The predicted molar refractivity (Wildman–Crippen MR) is 91.8 cm³/mol. The Morgan fingerprint density at radius 2 is 1.50 bits per heavy atom. The molecule has 3 N–H and O–H groups in total. The third-order valence-electron chi connectivity index (χ3n) is 4.39. The summed E-state index contributed by atoms with van der Waals surface area (Å²) in [6.07, 6.45) is 8.63. The lowest BCUT2D eigenvalue weighted by atomic mass is 9.91. The number of hydrogen-bond acceptors (Lipinski definition) is 5. The van der Waals surface area contributed by atoms with Crippen molar-refractivity contribution in [1.82, 2.24) is 5.32 Å². The van der Waals surface area contributed by atoms with Crippen molar-refractivity contribution < 1.29 is 14.2 Å². The Labute approximate surface area is 137 Å². The molecular formula is C17H38N2O3. The molecule has 0 spiro atoms. The maximum Gasteiger partial charge on any atom is 0.286 e. The lowest BCUT2D eigenvalue weighted by Crippen LogP contribution is -2.52. The molecule has 134 valence electrons. The number of methoxy groups -OCH3 is 3. The second-order valence-corrected chi connectivity index (χ2v) is 5.91. The third kappa shape index (κ3) is 7.38. The maximum absolute atomic E-state index is 5.60. The van der Waals surface area contributed by atoms with E-state index in [0.717, 1.165) is 19.4 Å². The first kappa shape index (κ1) is 21.8. The van der Waals surface area contributed by atoms with Crippen LogP contribution in [0.25, 0.3) is 0 Å². The van der Waals surface area contributed by atoms with Crippen molar-refractivity contribution >= 4 is 0 Å². The van der Waals surface area contributed by atoms with Gasteiger partial charge in [0.25, 0.3) is 5.97 Å². The van der Waals surface area contributed by atoms with Gasteiger partial charge in [-0.3, -0.25) is 0 Å². The van der Waals surface area contributed by atoms with E-state index in [-0.39, 0.29) is 12.0 Å². The van der Waals surface area contributed by atoms with Gasteiger partial charge in [0.15, 0.2) is 0 Å².